The smallest absolute Gasteiger partial charge is 0.322 e. The SMILES string of the molecule is Cl.O=C(NCC1CCCN1)c1ccc(Cl)c(N2CCNC2=O)c1. The highest BCUT2D eigenvalue weighted by molar-refractivity contribution is 6.34. The minimum Gasteiger partial charge on any atom is -0.350 e. The molecule has 3 amide bonds. The molecule has 1 unspecified atom stereocenters. The summed E-state index contributed by atoms with van der Waals surface area (Å²) in [7, 11) is 0. The van der Waals surface area contributed by atoms with Crippen LogP contribution in [0.15, 0.2) is 18.2 Å². The lowest BCUT2D eigenvalue weighted by molar-refractivity contribution is 0.0950. The van der Waals surface area contributed by atoms with Gasteiger partial charge in [-0.25, -0.2) is 4.79 Å². The molecule has 3 N–H and O–H groups in total. The molecule has 23 heavy (non-hydrogen) atoms. The van der Waals surface area contributed by atoms with Gasteiger partial charge in [-0.3, -0.25) is 9.69 Å². The predicted molar refractivity (Wildman–Crippen MR) is 92.8 cm³/mol. The summed E-state index contributed by atoms with van der Waals surface area (Å²) in [6.07, 6.45) is 2.23. The molecule has 2 heterocycles. The van der Waals surface area contributed by atoms with E-state index in [1.807, 2.05) is 0 Å². The molecular weight excluding hydrogens is 339 g/mol. The van der Waals surface area contributed by atoms with Crippen LogP contribution >= 0.6 is 24.0 Å². The van der Waals surface area contributed by atoms with E-state index in [1.165, 1.54) is 0 Å². The van der Waals surface area contributed by atoms with Crippen molar-refractivity contribution < 1.29 is 9.59 Å². The van der Waals surface area contributed by atoms with Crippen LogP contribution in [0.1, 0.15) is 23.2 Å². The van der Waals surface area contributed by atoms with Crippen LogP contribution in [0.2, 0.25) is 5.02 Å². The lowest BCUT2D eigenvalue weighted by atomic mass is 10.1. The molecule has 0 aliphatic carbocycles. The van der Waals surface area contributed by atoms with Crippen molar-refractivity contribution in [3.63, 3.8) is 0 Å². The van der Waals surface area contributed by atoms with Gasteiger partial charge < -0.3 is 16.0 Å². The van der Waals surface area contributed by atoms with E-state index in [1.54, 1.807) is 23.1 Å². The molecule has 6 nitrogen and oxygen atoms in total. The lowest BCUT2D eigenvalue weighted by Gasteiger charge is -2.17. The second-order valence-electron chi connectivity index (χ2n) is 5.55. The Hall–Kier alpha value is -1.50. The number of hydrogen-bond acceptors (Lipinski definition) is 3. The lowest BCUT2D eigenvalue weighted by Crippen LogP contribution is -2.37. The van der Waals surface area contributed by atoms with E-state index >= 15 is 0 Å². The Labute approximate surface area is 146 Å². The van der Waals surface area contributed by atoms with Gasteiger partial charge in [-0.2, -0.15) is 0 Å². The van der Waals surface area contributed by atoms with E-state index in [-0.39, 0.29) is 24.3 Å². The summed E-state index contributed by atoms with van der Waals surface area (Å²) in [4.78, 5) is 25.6. The van der Waals surface area contributed by atoms with Crippen molar-refractivity contribution in [1.29, 1.82) is 0 Å². The van der Waals surface area contributed by atoms with E-state index in [0.717, 1.165) is 19.4 Å². The quantitative estimate of drug-likeness (QED) is 0.767. The number of amides is 3. The van der Waals surface area contributed by atoms with Gasteiger partial charge in [0.1, 0.15) is 0 Å². The third kappa shape index (κ3) is 4.07. The zero-order valence-corrected chi connectivity index (χ0v) is 14.2. The molecule has 2 saturated heterocycles. The topological polar surface area (TPSA) is 73.5 Å². The fourth-order valence-electron chi connectivity index (χ4n) is 2.81. The highest BCUT2D eigenvalue weighted by atomic mass is 35.5. The summed E-state index contributed by atoms with van der Waals surface area (Å²) in [6.45, 7) is 2.76. The van der Waals surface area contributed by atoms with Gasteiger partial charge >= 0.3 is 6.03 Å². The molecule has 0 aromatic heterocycles. The number of halogens is 2. The number of urea groups is 1. The van der Waals surface area contributed by atoms with Gasteiger partial charge in [-0.1, -0.05) is 11.6 Å². The average molecular weight is 359 g/mol. The van der Waals surface area contributed by atoms with Gasteiger partial charge in [0.2, 0.25) is 0 Å². The molecule has 0 saturated carbocycles. The van der Waals surface area contributed by atoms with Crippen LogP contribution in [0.5, 0.6) is 0 Å². The third-order valence-corrected chi connectivity index (χ3v) is 4.35. The first-order chi connectivity index (χ1) is 10.6. The van der Waals surface area contributed by atoms with Crippen LogP contribution in [-0.2, 0) is 0 Å². The summed E-state index contributed by atoms with van der Waals surface area (Å²) in [5, 5.41) is 9.45. The number of anilines is 1. The molecule has 3 rings (SSSR count). The van der Waals surface area contributed by atoms with Gasteiger partial charge in [0, 0.05) is 31.2 Å². The van der Waals surface area contributed by atoms with Gasteiger partial charge in [-0.05, 0) is 37.6 Å². The van der Waals surface area contributed by atoms with Gasteiger partial charge in [0.15, 0.2) is 0 Å². The van der Waals surface area contributed by atoms with Crippen LogP contribution in [0.3, 0.4) is 0 Å². The molecule has 2 aliphatic rings. The molecule has 1 atom stereocenters. The Morgan fingerprint density at radius 2 is 2.22 bits per heavy atom. The summed E-state index contributed by atoms with van der Waals surface area (Å²) >= 11 is 6.16. The molecule has 2 aliphatic heterocycles. The summed E-state index contributed by atoms with van der Waals surface area (Å²) in [5.41, 5.74) is 1.08. The maximum atomic E-state index is 12.3. The van der Waals surface area contributed by atoms with Crippen LogP contribution in [-0.4, -0.2) is 44.2 Å². The van der Waals surface area contributed by atoms with Crippen molar-refractivity contribution in [3.8, 4) is 0 Å². The van der Waals surface area contributed by atoms with Gasteiger partial charge in [0.25, 0.3) is 5.91 Å². The number of carbonyl (C=O) groups excluding carboxylic acids is 2. The Bertz CT molecular complexity index is 591. The molecule has 2 fully saturated rings. The van der Waals surface area contributed by atoms with Gasteiger partial charge in [0.05, 0.1) is 10.7 Å². The van der Waals surface area contributed by atoms with Crippen LogP contribution in [0.25, 0.3) is 0 Å². The van der Waals surface area contributed by atoms with Crippen molar-refractivity contribution in [3.05, 3.63) is 28.8 Å². The van der Waals surface area contributed by atoms with E-state index in [0.29, 0.717) is 41.9 Å². The molecule has 126 valence electrons. The van der Waals surface area contributed by atoms with Crippen molar-refractivity contribution in [2.75, 3.05) is 31.1 Å². The Kier molecular flexibility index (Phi) is 6.10. The largest absolute Gasteiger partial charge is 0.350 e. The minimum atomic E-state index is -0.186. The Balaban J connectivity index is 0.00000192. The first-order valence-corrected chi connectivity index (χ1v) is 7.89. The second kappa shape index (κ2) is 7.86. The Morgan fingerprint density at radius 1 is 1.39 bits per heavy atom. The zero-order valence-electron chi connectivity index (χ0n) is 12.6. The number of nitrogens with zero attached hydrogens (tertiary/aromatic N) is 1. The molecule has 1 aromatic rings. The maximum Gasteiger partial charge on any atom is 0.322 e. The normalized spacial score (nSPS) is 20.1. The monoisotopic (exact) mass is 358 g/mol. The summed E-state index contributed by atoms with van der Waals surface area (Å²) in [5.74, 6) is -0.147. The number of carbonyl (C=O) groups is 2. The van der Waals surface area contributed by atoms with Crippen molar-refractivity contribution >= 4 is 41.6 Å². The summed E-state index contributed by atoms with van der Waals surface area (Å²) in [6, 6.07) is 5.17. The molecule has 0 radical (unpaired) electrons. The fourth-order valence-corrected chi connectivity index (χ4v) is 3.03. The molecule has 8 heteroatoms. The molecule has 1 aromatic carbocycles. The second-order valence-corrected chi connectivity index (χ2v) is 5.96. The van der Waals surface area contributed by atoms with Crippen LogP contribution < -0.4 is 20.9 Å². The van der Waals surface area contributed by atoms with Crippen LogP contribution in [0.4, 0.5) is 10.5 Å². The zero-order chi connectivity index (χ0) is 15.5. The van der Waals surface area contributed by atoms with Crippen molar-refractivity contribution in [2.45, 2.75) is 18.9 Å². The van der Waals surface area contributed by atoms with E-state index < -0.39 is 0 Å². The molecule has 0 spiro atoms. The average Bonchev–Trinajstić information content (AvgIpc) is 3.17. The number of nitrogens with one attached hydrogen (secondary N) is 3. The standard InChI is InChI=1S/C15H19ClN4O2.ClH/c16-12-4-3-10(8-13(12)20-7-6-18-15(20)22)14(21)19-9-11-2-1-5-17-11;/h3-4,8,11,17H,1-2,5-7,9H2,(H,18,22)(H,19,21);1H. The number of hydrogen-bond donors (Lipinski definition) is 3. The van der Waals surface area contributed by atoms with Crippen molar-refractivity contribution in [2.24, 2.45) is 0 Å². The fraction of sp³-hybridized carbons (Fsp3) is 0.467. The first kappa shape index (κ1) is 17.8. The van der Waals surface area contributed by atoms with E-state index in [4.69, 9.17) is 11.6 Å². The van der Waals surface area contributed by atoms with Crippen LogP contribution in [0, 0.1) is 0 Å². The minimum absolute atomic E-state index is 0. The first-order valence-electron chi connectivity index (χ1n) is 7.51. The van der Waals surface area contributed by atoms with Crippen molar-refractivity contribution in [1.82, 2.24) is 16.0 Å². The highest BCUT2D eigenvalue weighted by Gasteiger charge is 2.24. The highest BCUT2D eigenvalue weighted by Crippen LogP contribution is 2.28. The number of rotatable bonds is 4. The van der Waals surface area contributed by atoms with E-state index in [2.05, 4.69) is 16.0 Å². The van der Waals surface area contributed by atoms with E-state index in [9.17, 15) is 9.59 Å². The maximum absolute atomic E-state index is 12.3. The third-order valence-electron chi connectivity index (χ3n) is 4.03. The number of benzene rings is 1. The molecular formula is C15H20Cl2N4O2. The molecule has 0 bridgehead atoms. The Morgan fingerprint density at radius 3 is 2.87 bits per heavy atom. The summed E-state index contributed by atoms with van der Waals surface area (Å²) < 4.78 is 0. The predicted octanol–water partition coefficient (Wildman–Crippen LogP) is 1.77. The van der Waals surface area contributed by atoms with Gasteiger partial charge in [-0.15, -0.1) is 12.4 Å².